The Morgan fingerprint density at radius 3 is 2.71 bits per heavy atom. The Morgan fingerprint density at radius 2 is 2.05 bits per heavy atom. The van der Waals surface area contributed by atoms with Crippen LogP contribution in [-0.2, 0) is 17.9 Å². The smallest absolute Gasteiger partial charge is 0.223 e. The normalized spacial score (nSPS) is 15.5. The second-order valence-electron chi connectivity index (χ2n) is 5.53. The summed E-state index contributed by atoms with van der Waals surface area (Å²) in [6.07, 6.45) is 4.09. The van der Waals surface area contributed by atoms with E-state index in [-0.39, 0.29) is 5.91 Å². The molecule has 0 bridgehead atoms. The van der Waals surface area contributed by atoms with Crippen LogP contribution in [0.15, 0.2) is 0 Å². The molecule has 0 spiro atoms. The third kappa shape index (κ3) is 4.20. The third-order valence-electron chi connectivity index (χ3n) is 3.97. The summed E-state index contributed by atoms with van der Waals surface area (Å²) < 4.78 is 1.91. The van der Waals surface area contributed by atoms with Gasteiger partial charge in [-0.1, -0.05) is 11.6 Å². The maximum absolute atomic E-state index is 12.0. The topological polar surface area (TPSA) is 50.2 Å². The number of aryl methyl sites for hydroxylation is 2. The van der Waals surface area contributed by atoms with Crippen molar-refractivity contribution in [3.8, 4) is 0 Å². The van der Waals surface area contributed by atoms with Crippen LogP contribution in [-0.4, -0.2) is 40.2 Å². The van der Waals surface area contributed by atoms with Crippen LogP contribution in [0.1, 0.15) is 44.0 Å². The first-order valence-electron chi connectivity index (χ1n) is 7.83. The predicted octanol–water partition coefficient (Wildman–Crippen LogP) is 2.36. The molecular weight excluding hydrogens is 288 g/mol. The molecule has 1 aliphatic heterocycles. The van der Waals surface area contributed by atoms with E-state index in [1.807, 2.05) is 23.4 Å². The van der Waals surface area contributed by atoms with Crippen LogP contribution in [0.4, 0.5) is 0 Å². The van der Waals surface area contributed by atoms with Crippen LogP contribution in [0.5, 0.6) is 0 Å². The van der Waals surface area contributed by atoms with Gasteiger partial charge in [-0.2, -0.15) is 5.10 Å². The predicted molar refractivity (Wildman–Crippen MR) is 84.4 cm³/mol. The van der Waals surface area contributed by atoms with Crippen molar-refractivity contribution in [3.63, 3.8) is 0 Å². The lowest BCUT2D eigenvalue weighted by molar-refractivity contribution is -0.131. The van der Waals surface area contributed by atoms with Gasteiger partial charge in [-0.15, -0.1) is 0 Å². The monoisotopic (exact) mass is 312 g/mol. The van der Waals surface area contributed by atoms with Gasteiger partial charge < -0.3 is 10.2 Å². The van der Waals surface area contributed by atoms with E-state index >= 15 is 0 Å². The summed E-state index contributed by atoms with van der Waals surface area (Å²) in [6, 6.07) is 0. The second kappa shape index (κ2) is 7.80. The number of carbonyl (C=O) groups excluding carboxylic acids is 1. The maximum Gasteiger partial charge on any atom is 0.223 e. The fourth-order valence-electron chi connectivity index (χ4n) is 2.74. The van der Waals surface area contributed by atoms with E-state index in [2.05, 4.69) is 10.4 Å². The molecule has 1 aromatic heterocycles. The zero-order valence-corrected chi connectivity index (χ0v) is 13.7. The summed E-state index contributed by atoms with van der Waals surface area (Å²) in [4.78, 5) is 14.0. The van der Waals surface area contributed by atoms with Crippen molar-refractivity contribution in [2.24, 2.45) is 0 Å². The van der Waals surface area contributed by atoms with E-state index in [9.17, 15) is 4.79 Å². The molecule has 2 rings (SSSR count). The van der Waals surface area contributed by atoms with Crippen LogP contribution < -0.4 is 5.32 Å². The molecule has 6 heteroatoms. The van der Waals surface area contributed by atoms with Crippen molar-refractivity contribution in [1.29, 1.82) is 0 Å². The number of piperidine rings is 1. The van der Waals surface area contributed by atoms with Gasteiger partial charge in [-0.05, 0) is 33.1 Å². The van der Waals surface area contributed by atoms with Gasteiger partial charge in [0, 0.05) is 39.1 Å². The summed E-state index contributed by atoms with van der Waals surface area (Å²) in [5.74, 6) is 0.258. The quantitative estimate of drug-likeness (QED) is 0.820. The first kappa shape index (κ1) is 16.3. The summed E-state index contributed by atoms with van der Waals surface area (Å²) >= 11 is 6.26. The summed E-state index contributed by atoms with van der Waals surface area (Å²) in [5, 5.41) is 8.42. The number of likely N-dealkylation sites (tertiary alicyclic amines) is 1. The van der Waals surface area contributed by atoms with E-state index in [1.165, 1.54) is 6.42 Å². The van der Waals surface area contributed by atoms with Gasteiger partial charge in [-0.3, -0.25) is 9.48 Å². The Bertz CT molecular complexity index is 480. The first-order valence-corrected chi connectivity index (χ1v) is 8.21. The minimum atomic E-state index is 0.258. The number of amides is 1. The van der Waals surface area contributed by atoms with Crippen LogP contribution in [0, 0.1) is 6.92 Å². The third-order valence-corrected chi connectivity index (χ3v) is 4.46. The van der Waals surface area contributed by atoms with E-state index in [4.69, 9.17) is 11.6 Å². The molecule has 1 fully saturated rings. The number of rotatable bonds is 6. The van der Waals surface area contributed by atoms with Gasteiger partial charge in [0.2, 0.25) is 5.91 Å². The Labute approximate surface area is 131 Å². The number of hydrogen-bond donors (Lipinski definition) is 1. The molecule has 2 heterocycles. The number of nitrogens with zero attached hydrogens (tertiary/aromatic N) is 3. The Morgan fingerprint density at radius 1 is 1.33 bits per heavy atom. The zero-order valence-electron chi connectivity index (χ0n) is 13.0. The molecule has 0 radical (unpaired) electrons. The second-order valence-corrected chi connectivity index (χ2v) is 5.91. The molecule has 0 aliphatic carbocycles. The molecule has 1 aromatic rings. The van der Waals surface area contributed by atoms with Gasteiger partial charge in [0.25, 0.3) is 0 Å². The van der Waals surface area contributed by atoms with Crippen molar-refractivity contribution in [2.75, 3.05) is 19.6 Å². The Balaban J connectivity index is 1.75. The van der Waals surface area contributed by atoms with Gasteiger partial charge in [0.1, 0.15) is 0 Å². The van der Waals surface area contributed by atoms with Crippen molar-refractivity contribution in [1.82, 2.24) is 20.0 Å². The largest absolute Gasteiger partial charge is 0.343 e. The molecule has 0 aromatic carbocycles. The van der Waals surface area contributed by atoms with Crippen LogP contribution in [0.2, 0.25) is 5.02 Å². The van der Waals surface area contributed by atoms with Crippen LogP contribution >= 0.6 is 11.6 Å². The average molecular weight is 313 g/mol. The van der Waals surface area contributed by atoms with Gasteiger partial charge in [0.15, 0.2) is 0 Å². The molecule has 5 nitrogen and oxygen atoms in total. The number of carbonyl (C=O) groups is 1. The Kier molecular flexibility index (Phi) is 6.06. The fraction of sp³-hybridized carbons (Fsp3) is 0.733. The van der Waals surface area contributed by atoms with Crippen molar-refractivity contribution >= 4 is 17.5 Å². The highest BCUT2D eigenvalue weighted by atomic mass is 35.5. The van der Waals surface area contributed by atoms with E-state index in [1.54, 1.807) is 0 Å². The molecule has 1 saturated heterocycles. The highest BCUT2D eigenvalue weighted by Gasteiger charge is 2.16. The first-order chi connectivity index (χ1) is 10.1. The highest BCUT2D eigenvalue weighted by Crippen LogP contribution is 2.19. The number of halogens is 1. The van der Waals surface area contributed by atoms with Crippen molar-refractivity contribution in [3.05, 3.63) is 16.4 Å². The minimum absolute atomic E-state index is 0.258. The lowest BCUT2D eigenvalue weighted by Crippen LogP contribution is -2.37. The molecule has 0 saturated carbocycles. The van der Waals surface area contributed by atoms with Crippen molar-refractivity contribution < 1.29 is 4.79 Å². The fourth-order valence-corrected chi connectivity index (χ4v) is 2.94. The van der Waals surface area contributed by atoms with E-state index < -0.39 is 0 Å². The van der Waals surface area contributed by atoms with Gasteiger partial charge in [0.05, 0.1) is 16.4 Å². The molecule has 1 amide bonds. The van der Waals surface area contributed by atoms with Crippen LogP contribution in [0.25, 0.3) is 0 Å². The van der Waals surface area contributed by atoms with Gasteiger partial charge >= 0.3 is 0 Å². The van der Waals surface area contributed by atoms with E-state index in [0.29, 0.717) is 19.5 Å². The molecule has 21 heavy (non-hydrogen) atoms. The standard InChI is InChI=1S/C15H25ClN4O/c1-3-20-13(15(16)12(2)18-20)11-17-8-7-14(21)19-9-5-4-6-10-19/h17H,3-11H2,1-2H3. The minimum Gasteiger partial charge on any atom is -0.343 e. The molecule has 1 aliphatic rings. The van der Waals surface area contributed by atoms with Gasteiger partial charge in [-0.25, -0.2) is 0 Å². The molecular formula is C15H25ClN4O. The molecule has 1 N–H and O–H groups in total. The summed E-state index contributed by atoms with van der Waals surface area (Å²) in [7, 11) is 0. The SMILES string of the molecule is CCn1nc(C)c(Cl)c1CNCCC(=O)N1CCCCC1. The highest BCUT2D eigenvalue weighted by molar-refractivity contribution is 6.31. The molecule has 118 valence electrons. The lowest BCUT2D eigenvalue weighted by Gasteiger charge is -2.26. The van der Waals surface area contributed by atoms with E-state index in [0.717, 1.165) is 48.9 Å². The zero-order chi connectivity index (χ0) is 15.2. The number of nitrogens with one attached hydrogen (secondary N) is 1. The number of hydrogen-bond acceptors (Lipinski definition) is 3. The molecule has 0 unspecified atom stereocenters. The maximum atomic E-state index is 12.0. The van der Waals surface area contributed by atoms with Crippen molar-refractivity contribution in [2.45, 2.75) is 52.6 Å². The summed E-state index contributed by atoms with van der Waals surface area (Å²) in [6.45, 7) is 7.95. The average Bonchev–Trinajstić information content (AvgIpc) is 2.79. The van der Waals surface area contributed by atoms with Crippen LogP contribution in [0.3, 0.4) is 0 Å². The lowest BCUT2D eigenvalue weighted by atomic mass is 10.1. The Hall–Kier alpha value is -1.07. The summed E-state index contributed by atoms with van der Waals surface area (Å²) in [5.41, 5.74) is 1.86. The molecule has 0 atom stereocenters. The number of aromatic nitrogens is 2.